The number of likely N-dealkylation sites (tertiary alicyclic amines) is 1. The second-order valence-corrected chi connectivity index (χ2v) is 7.72. The number of rotatable bonds is 4. The third-order valence-corrected chi connectivity index (χ3v) is 5.81. The first kappa shape index (κ1) is 20.5. The molecule has 0 atom stereocenters. The Morgan fingerprint density at radius 3 is 2.48 bits per heavy atom. The Morgan fingerprint density at radius 1 is 1.10 bits per heavy atom. The maximum atomic E-state index is 13.0. The van der Waals surface area contributed by atoms with Gasteiger partial charge in [0.05, 0.1) is 23.6 Å². The fourth-order valence-electron chi connectivity index (χ4n) is 3.90. The highest BCUT2D eigenvalue weighted by molar-refractivity contribution is 6.01. The maximum absolute atomic E-state index is 13.0. The zero-order valence-electron chi connectivity index (χ0n) is 17.4. The van der Waals surface area contributed by atoms with E-state index in [1.807, 2.05) is 25.2 Å². The van der Waals surface area contributed by atoms with Crippen LogP contribution in [-0.4, -0.2) is 62.7 Å². The van der Waals surface area contributed by atoms with E-state index < -0.39 is 5.97 Å². The summed E-state index contributed by atoms with van der Waals surface area (Å²) in [5.74, 6) is -1.15. The van der Waals surface area contributed by atoms with Gasteiger partial charge in [0.25, 0.3) is 0 Å². The number of piperidine rings is 1. The number of carboxylic acids is 1. The molecule has 1 saturated heterocycles. The van der Waals surface area contributed by atoms with Crippen molar-refractivity contribution in [2.45, 2.75) is 12.8 Å². The van der Waals surface area contributed by atoms with Gasteiger partial charge < -0.3 is 10.0 Å². The van der Waals surface area contributed by atoms with Gasteiger partial charge in [-0.25, -0.2) is 14.6 Å². The van der Waals surface area contributed by atoms with Crippen molar-refractivity contribution in [2.75, 3.05) is 25.0 Å². The van der Waals surface area contributed by atoms with Crippen LogP contribution in [-0.2, 0) is 7.05 Å². The zero-order valence-corrected chi connectivity index (χ0v) is 17.4. The van der Waals surface area contributed by atoms with Gasteiger partial charge in [-0.2, -0.15) is 5.10 Å². The van der Waals surface area contributed by atoms with Crippen LogP contribution in [0.4, 0.5) is 10.5 Å². The van der Waals surface area contributed by atoms with E-state index in [2.05, 4.69) is 10.1 Å². The van der Waals surface area contributed by atoms with Crippen molar-refractivity contribution in [3.63, 3.8) is 0 Å². The molecule has 9 nitrogen and oxygen atoms in total. The maximum Gasteiger partial charge on any atom is 0.354 e. The summed E-state index contributed by atoms with van der Waals surface area (Å²) in [6.45, 7) is 0.961. The molecule has 1 fully saturated rings. The number of anilines is 1. The molecule has 160 valence electrons. The number of amides is 2. The van der Waals surface area contributed by atoms with Crippen LogP contribution in [0.25, 0.3) is 10.9 Å². The lowest BCUT2D eigenvalue weighted by molar-refractivity contribution is 0.0690. The summed E-state index contributed by atoms with van der Waals surface area (Å²) in [5.41, 5.74) is 2.02. The monoisotopic (exact) mass is 421 g/mol. The molecule has 0 saturated carbocycles. The van der Waals surface area contributed by atoms with Crippen LogP contribution in [0.1, 0.15) is 33.7 Å². The number of Topliss-reactive ketones (excluding diaryl/α,β-unsaturated/α-hetero) is 1. The lowest BCUT2D eigenvalue weighted by Gasteiger charge is -2.34. The fourth-order valence-corrected chi connectivity index (χ4v) is 3.90. The molecular formula is C22H23N5O4. The molecule has 3 heterocycles. The number of hydrogen-bond acceptors (Lipinski definition) is 5. The molecular weight excluding hydrogens is 398 g/mol. The minimum Gasteiger partial charge on any atom is -0.477 e. The number of nitrogens with zero attached hydrogens (tertiary/aromatic N) is 5. The molecule has 9 heteroatoms. The van der Waals surface area contributed by atoms with E-state index in [-0.39, 0.29) is 23.4 Å². The summed E-state index contributed by atoms with van der Waals surface area (Å²) in [6, 6.07) is 8.35. The average molecular weight is 421 g/mol. The van der Waals surface area contributed by atoms with Gasteiger partial charge in [0.2, 0.25) is 0 Å². The Hall–Kier alpha value is -3.75. The number of carboxylic acid groups (broad SMARTS) is 1. The third kappa shape index (κ3) is 3.98. The molecule has 4 rings (SSSR count). The van der Waals surface area contributed by atoms with Crippen LogP contribution in [0.15, 0.2) is 42.7 Å². The van der Waals surface area contributed by atoms with Crippen molar-refractivity contribution < 1.29 is 19.5 Å². The summed E-state index contributed by atoms with van der Waals surface area (Å²) >= 11 is 0. The molecule has 31 heavy (non-hydrogen) atoms. The van der Waals surface area contributed by atoms with Gasteiger partial charge >= 0.3 is 12.0 Å². The number of benzene rings is 1. The lowest BCUT2D eigenvalue weighted by atomic mass is 9.88. The second-order valence-electron chi connectivity index (χ2n) is 7.72. The minimum atomic E-state index is -1.12. The molecule has 1 aliphatic heterocycles. The number of pyridine rings is 1. The van der Waals surface area contributed by atoms with Crippen molar-refractivity contribution in [2.24, 2.45) is 13.0 Å². The summed E-state index contributed by atoms with van der Waals surface area (Å²) < 4.78 is 1.75. The number of carbonyl (C=O) groups is 3. The summed E-state index contributed by atoms with van der Waals surface area (Å²) in [4.78, 5) is 43.8. The molecule has 2 aromatic heterocycles. The Balaban J connectivity index is 1.39. The standard InChI is InChI=1S/C22H23N5O4/c1-25(17-5-6-18(21(29)30)23-13-17)22(31)27-9-7-14(8-10-27)20(28)15-3-4-16-12-24-26(2)19(16)11-15/h3-6,11-14H,7-10H2,1-2H3,(H,29,30). The Kier molecular flexibility index (Phi) is 5.41. The molecule has 0 radical (unpaired) electrons. The third-order valence-electron chi connectivity index (χ3n) is 5.81. The average Bonchev–Trinajstić information content (AvgIpc) is 3.18. The summed E-state index contributed by atoms with van der Waals surface area (Å²) in [7, 11) is 3.47. The van der Waals surface area contributed by atoms with Gasteiger partial charge in [0.15, 0.2) is 5.78 Å². The second kappa shape index (κ2) is 8.17. The van der Waals surface area contributed by atoms with Gasteiger partial charge in [-0.15, -0.1) is 0 Å². The SMILES string of the molecule is CN(C(=O)N1CCC(C(=O)c2ccc3cnn(C)c3c2)CC1)c1ccc(C(=O)O)nc1. The van der Waals surface area contributed by atoms with Gasteiger partial charge in [-0.05, 0) is 31.0 Å². The fraction of sp³-hybridized carbons (Fsp3) is 0.318. The molecule has 0 bridgehead atoms. The van der Waals surface area contributed by atoms with Crippen LogP contribution in [0.3, 0.4) is 0 Å². The van der Waals surface area contributed by atoms with Crippen molar-refractivity contribution >= 4 is 34.4 Å². The van der Waals surface area contributed by atoms with E-state index in [4.69, 9.17) is 5.11 Å². The molecule has 1 N–H and O–H groups in total. The predicted octanol–water partition coefficient (Wildman–Crippen LogP) is 2.82. The van der Waals surface area contributed by atoms with Crippen molar-refractivity contribution in [1.82, 2.24) is 19.7 Å². The topological polar surface area (TPSA) is 109 Å². The smallest absolute Gasteiger partial charge is 0.354 e. The van der Waals surface area contributed by atoms with Crippen molar-refractivity contribution in [1.29, 1.82) is 0 Å². The summed E-state index contributed by atoms with van der Waals surface area (Å²) in [5, 5.41) is 14.2. The number of carbonyl (C=O) groups excluding carboxylic acids is 2. The molecule has 0 spiro atoms. The highest BCUT2D eigenvalue weighted by Crippen LogP contribution is 2.25. The van der Waals surface area contributed by atoms with E-state index in [1.165, 1.54) is 17.2 Å². The largest absolute Gasteiger partial charge is 0.477 e. The Morgan fingerprint density at radius 2 is 1.84 bits per heavy atom. The molecule has 1 aromatic carbocycles. The number of aromatic carboxylic acids is 1. The van der Waals surface area contributed by atoms with Crippen molar-refractivity contribution in [3.05, 3.63) is 54.0 Å². The minimum absolute atomic E-state index is 0.0757. The first-order valence-electron chi connectivity index (χ1n) is 10.0. The molecule has 2 amide bonds. The lowest BCUT2D eigenvalue weighted by Crippen LogP contribution is -2.46. The van der Waals surface area contributed by atoms with E-state index in [9.17, 15) is 14.4 Å². The van der Waals surface area contributed by atoms with E-state index in [0.717, 1.165) is 10.9 Å². The van der Waals surface area contributed by atoms with Crippen LogP contribution in [0.2, 0.25) is 0 Å². The van der Waals surface area contributed by atoms with Gasteiger partial charge in [0, 0.05) is 44.1 Å². The number of aromatic nitrogens is 3. The first-order valence-corrected chi connectivity index (χ1v) is 10.0. The van der Waals surface area contributed by atoms with Crippen molar-refractivity contribution in [3.8, 4) is 0 Å². The first-order chi connectivity index (χ1) is 14.8. The molecule has 3 aromatic rings. The quantitative estimate of drug-likeness (QED) is 0.649. The molecule has 0 unspecified atom stereocenters. The van der Waals surface area contributed by atoms with Crippen LogP contribution in [0, 0.1) is 5.92 Å². The van der Waals surface area contributed by atoms with Gasteiger partial charge in [0.1, 0.15) is 5.69 Å². The molecule has 0 aliphatic carbocycles. The Labute approximate surface area is 178 Å². The highest BCUT2D eigenvalue weighted by atomic mass is 16.4. The number of urea groups is 1. The van der Waals surface area contributed by atoms with E-state index in [1.54, 1.807) is 28.9 Å². The van der Waals surface area contributed by atoms with Gasteiger partial charge in [-0.1, -0.05) is 12.1 Å². The number of fused-ring (bicyclic) bond motifs is 1. The number of aryl methyl sites for hydroxylation is 1. The Bertz CT molecular complexity index is 1150. The summed E-state index contributed by atoms with van der Waals surface area (Å²) in [6.07, 6.45) is 4.33. The van der Waals surface area contributed by atoms with E-state index in [0.29, 0.717) is 37.2 Å². The van der Waals surface area contributed by atoms with E-state index >= 15 is 0 Å². The normalized spacial score (nSPS) is 14.6. The highest BCUT2D eigenvalue weighted by Gasteiger charge is 2.30. The van der Waals surface area contributed by atoms with Crippen LogP contribution >= 0.6 is 0 Å². The van der Waals surface area contributed by atoms with Crippen LogP contribution < -0.4 is 4.90 Å². The zero-order chi connectivity index (χ0) is 22.1. The van der Waals surface area contributed by atoms with Gasteiger partial charge in [-0.3, -0.25) is 14.4 Å². The van der Waals surface area contributed by atoms with Crippen LogP contribution in [0.5, 0.6) is 0 Å². The molecule has 1 aliphatic rings. The number of ketones is 1. The predicted molar refractivity (Wildman–Crippen MR) is 114 cm³/mol. The number of hydrogen-bond donors (Lipinski definition) is 1.